The Hall–Kier alpha value is -4.41. The van der Waals surface area contributed by atoms with Gasteiger partial charge >= 0.3 is 0 Å². The summed E-state index contributed by atoms with van der Waals surface area (Å²) in [6.07, 6.45) is 15.5. The van der Waals surface area contributed by atoms with E-state index < -0.39 is 0 Å². The number of aromatic hydroxyl groups is 2. The van der Waals surface area contributed by atoms with Gasteiger partial charge in [0.05, 0.1) is 11.4 Å². The number of nitrogens with zero attached hydrogens (tertiary/aromatic N) is 2. The summed E-state index contributed by atoms with van der Waals surface area (Å²) in [4.78, 5) is 8.28. The van der Waals surface area contributed by atoms with E-state index in [1.54, 1.807) is 0 Å². The standard InChI is InChI=1S/C64H80N2O2/c1-38(2)66(39(3)4)37-46-25-57(51-17-13-11-15-49(51)53-27-47(61(5,6)7)29-55(59(53)67)63-31-40-19-41(32-63)21-42(20-40)33-63)65-58(26-46)52-18-14-12-16-50(52)54-28-48(62(8,9)10)30-56(60(54)68)64-34-43-22-44(35-64)24-45(23-43)36-64/h11-18,25-30,38-45,67-68H,19-24,31-37H2,1-10H3. The topological polar surface area (TPSA) is 56.6 Å². The van der Waals surface area contributed by atoms with Gasteiger partial charge in [0.1, 0.15) is 11.5 Å². The Morgan fingerprint density at radius 2 is 0.809 bits per heavy atom. The number of hydrogen-bond acceptors (Lipinski definition) is 4. The summed E-state index contributed by atoms with van der Waals surface area (Å²) >= 11 is 0. The zero-order valence-corrected chi connectivity index (χ0v) is 43.2. The molecule has 0 aliphatic heterocycles. The molecular weight excluding hydrogens is 829 g/mol. The Balaban J connectivity index is 1.09. The summed E-state index contributed by atoms with van der Waals surface area (Å²) < 4.78 is 0. The first-order valence-corrected chi connectivity index (χ1v) is 27.0. The highest BCUT2D eigenvalue weighted by molar-refractivity contribution is 5.89. The predicted octanol–water partition coefficient (Wildman–Crippen LogP) is 16.3. The van der Waals surface area contributed by atoms with Crippen LogP contribution in [0.5, 0.6) is 11.5 Å². The highest BCUT2D eigenvalue weighted by Crippen LogP contribution is 2.64. The fraction of sp³-hybridized carbons (Fsp3) is 0.547. The number of rotatable bonds is 10. The summed E-state index contributed by atoms with van der Waals surface area (Å²) in [5.41, 5.74) is 13.9. The van der Waals surface area contributed by atoms with Crippen molar-refractivity contribution in [3.05, 3.63) is 113 Å². The van der Waals surface area contributed by atoms with Crippen molar-refractivity contribution in [3.63, 3.8) is 0 Å². The molecule has 5 aromatic rings. The minimum atomic E-state index is -0.0912. The molecule has 8 aliphatic carbocycles. The van der Waals surface area contributed by atoms with Crippen LogP contribution in [0.2, 0.25) is 0 Å². The normalized spacial score (nSPS) is 28.4. The van der Waals surface area contributed by atoms with Gasteiger partial charge in [0.2, 0.25) is 0 Å². The summed E-state index contributed by atoms with van der Waals surface area (Å²) in [6.45, 7) is 23.9. The fourth-order valence-electron chi connectivity index (χ4n) is 16.2. The minimum absolute atomic E-state index is 0.0430. The van der Waals surface area contributed by atoms with Crippen LogP contribution < -0.4 is 0 Å². The largest absolute Gasteiger partial charge is 0.507 e. The molecule has 0 amide bonds. The second-order valence-corrected chi connectivity index (χ2v) is 26.4. The van der Waals surface area contributed by atoms with Gasteiger partial charge in [-0.2, -0.15) is 0 Å². The van der Waals surface area contributed by atoms with Crippen LogP contribution in [0.3, 0.4) is 0 Å². The van der Waals surface area contributed by atoms with Crippen molar-refractivity contribution in [1.82, 2.24) is 9.88 Å². The van der Waals surface area contributed by atoms with Gasteiger partial charge in [-0.15, -0.1) is 0 Å². The highest BCUT2D eigenvalue weighted by Gasteiger charge is 2.54. The fourth-order valence-corrected chi connectivity index (χ4v) is 16.2. The number of hydrogen-bond donors (Lipinski definition) is 2. The molecule has 8 bridgehead atoms. The minimum Gasteiger partial charge on any atom is -0.507 e. The molecule has 358 valence electrons. The average molecular weight is 909 g/mol. The molecule has 8 saturated carbocycles. The molecule has 8 fully saturated rings. The van der Waals surface area contributed by atoms with Gasteiger partial charge in [-0.05, 0) is 214 Å². The lowest BCUT2D eigenvalue weighted by atomic mass is 9.47. The van der Waals surface area contributed by atoms with Crippen molar-refractivity contribution in [2.24, 2.45) is 35.5 Å². The second kappa shape index (κ2) is 16.6. The van der Waals surface area contributed by atoms with Crippen LogP contribution in [0.15, 0.2) is 84.9 Å². The Labute approximate surface area is 409 Å². The Kier molecular flexibility index (Phi) is 11.2. The van der Waals surface area contributed by atoms with Crippen molar-refractivity contribution < 1.29 is 10.2 Å². The molecule has 1 heterocycles. The SMILES string of the molecule is CC(C)N(Cc1cc(-c2ccccc2-c2cc(C(C)(C)C)cc(C34CC5CC(CC(C5)C3)C4)c2O)nc(-c2ccccc2-c2cc(C(C)(C)C)cc(C34CC5CC(CC(C5)C3)C4)c2O)c1)C(C)C. The molecule has 0 unspecified atom stereocenters. The average Bonchev–Trinajstić information content (AvgIpc) is 3.26. The number of phenolic OH excluding ortho intramolecular Hbond substituents is 2. The lowest BCUT2D eigenvalue weighted by molar-refractivity contribution is -0.00631. The zero-order valence-electron chi connectivity index (χ0n) is 43.2. The molecule has 4 heteroatoms. The van der Waals surface area contributed by atoms with Gasteiger partial charge in [0, 0.05) is 52.0 Å². The second-order valence-electron chi connectivity index (χ2n) is 26.4. The molecule has 0 spiro atoms. The van der Waals surface area contributed by atoms with Crippen molar-refractivity contribution >= 4 is 0 Å². The van der Waals surface area contributed by atoms with Crippen molar-refractivity contribution in [2.75, 3.05) is 0 Å². The summed E-state index contributed by atoms with van der Waals surface area (Å²) in [6, 6.07) is 32.2. The van der Waals surface area contributed by atoms with Crippen LogP contribution in [-0.2, 0) is 28.2 Å². The van der Waals surface area contributed by atoms with E-state index in [0.717, 1.165) is 86.8 Å². The third kappa shape index (κ3) is 8.05. The number of phenols is 2. The molecular formula is C64H80N2O2. The van der Waals surface area contributed by atoms with Crippen LogP contribution in [0.1, 0.15) is 174 Å². The number of pyridine rings is 1. The monoisotopic (exact) mass is 909 g/mol. The van der Waals surface area contributed by atoms with Crippen molar-refractivity contribution in [1.29, 1.82) is 0 Å². The Morgan fingerprint density at radius 3 is 1.12 bits per heavy atom. The maximum absolute atomic E-state index is 12.9. The molecule has 0 atom stereocenters. The van der Waals surface area contributed by atoms with E-state index >= 15 is 0 Å². The van der Waals surface area contributed by atoms with Crippen LogP contribution in [0.4, 0.5) is 0 Å². The molecule has 0 radical (unpaired) electrons. The third-order valence-corrected chi connectivity index (χ3v) is 18.7. The van der Waals surface area contributed by atoms with E-state index in [-0.39, 0.29) is 21.7 Å². The third-order valence-electron chi connectivity index (χ3n) is 18.7. The molecule has 2 N–H and O–H groups in total. The Morgan fingerprint density at radius 1 is 0.485 bits per heavy atom. The van der Waals surface area contributed by atoms with Crippen LogP contribution >= 0.6 is 0 Å². The number of benzene rings is 4. The van der Waals surface area contributed by atoms with E-state index in [2.05, 4.69) is 159 Å². The van der Waals surface area contributed by atoms with Gasteiger partial charge in [0.15, 0.2) is 0 Å². The van der Waals surface area contributed by atoms with E-state index in [4.69, 9.17) is 4.98 Å². The quantitative estimate of drug-likeness (QED) is 0.147. The summed E-state index contributed by atoms with van der Waals surface area (Å²) in [7, 11) is 0. The van der Waals surface area contributed by atoms with Crippen LogP contribution in [-0.4, -0.2) is 32.2 Å². The van der Waals surface area contributed by atoms with Crippen molar-refractivity contribution in [3.8, 4) is 56.3 Å². The lowest BCUT2D eigenvalue weighted by Gasteiger charge is -2.57. The summed E-state index contributed by atoms with van der Waals surface area (Å²) in [5.74, 6) is 5.62. The molecule has 68 heavy (non-hydrogen) atoms. The molecule has 4 nitrogen and oxygen atoms in total. The van der Waals surface area contributed by atoms with E-state index in [1.807, 2.05) is 0 Å². The highest BCUT2D eigenvalue weighted by atomic mass is 16.3. The molecule has 0 saturated heterocycles. The van der Waals surface area contributed by atoms with Crippen LogP contribution in [0.25, 0.3) is 44.8 Å². The first-order chi connectivity index (χ1) is 32.3. The van der Waals surface area contributed by atoms with Gasteiger partial charge < -0.3 is 10.2 Å². The van der Waals surface area contributed by atoms with Gasteiger partial charge in [0.25, 0.3) is 0 Å². The van der Waals surface area contributed by atoms with Gasteiger partial charge in [-0.1, -0.05) is 102 Å². The smallest absolute Gasteiger partial charge is 0.127 e. The van der Waals surface area contributed by atoms with E-state index in [0.29, 0.717) is 23.6 Å². The first-order valence-electron chi connectivity index (χ1n) is 27.0. The summed E-state index contributed by atoms with van der Waals surface area (Å²) in [5, 5.41) is 25.8. The van der Waals surface area contributed by atoms with Gasteiger partial charge in [-0.25, -0.2) is 4.98 Å². The lowest BCUT2D eigenvalue weighted by Crippen LogP contribution is -2.48. The predicted molar refractivity (Wildman–Crippen MR) is 282 cm³/mol. The van der Waals surface area contributed by atoms with Crippen molar-refractivity contribution in [2.45, 2.75) is 187 Å². The maximum atomic E-state index is 12.9. The zero-order chi connectivity index (χ0) is 47.7. The molecule has 8 aliphatic rings. The molecule has 1 aromatic heterocycles. The van der Waals surface area contributed by atoms with Crippen LogP contribution in [0, 0.1) is 35.5 Å². The van der Waals surface area contributed by atoms with Gasteiger partial charge in [-0.3, -0.25) is 4.90 Å². The Bertz CT molecular complexity index is 2490. The maximum Gasteiger partial charge on any atom is 0.127 e. The number of aromatic nitrogens is 1. The van der Waals surface area contributed by atoms with E-state index in [9.17, 15) is 10.2 Å². The first kappa shape index (κ1) is 46.0. The molecule has 4 aromatic carbocycles. The van der Waals surface area contributed by atoms with E-state index in [1.165, 1.54) is 105 Å². The molecule has 13 rings (SSSR count).